The van der Waals surface area contributed by atoms with Gasteiger partial charge in [-0.3, -0.25) is 0 Å². The second kappa shape index (κ2) is 4.93. The van der Waals surface area contributed by atoms with Crippen LogP contribution < -0.4 is 10.6 Å². The number of rotatable bonds is 2. The number of piperidine rings is 1. The highest BCUT2D eigenvalue weighted by molar-refractivity contribution is 6.34. The van der Waals surface area contributed by atoms with Crippen molar-refractivity contribution in [2.24, 2.45) is 5.92 Å². The van der Waals surface area contributed by atoms with E-state index in [9.17, 15) is 5.11 Å². The molecule has 0 amide bonds. The van der Waals surface area contributed by atoms with Crippen molar-refractivity contribution >= 4 is 23.0 Å². The van der Waals surface area contributed by atoms with Crippen molar-refractivity contribution in [2.75, 3.05) is 30.3 Å². The molecular formula is C12H17ClN2O. The fourth-order valence-corrected chi connectivity index (χ4v) is 2.58. The van der Waals surface area contributed by atoms with Crippen molar-refractivity contribution in [1.82, 2.24) is 0 Å². The van der Waals surface area contributed by atoms with Gasteiger partial charge in [0.2, 0.25) is 0 Å². The molecule has 0 radical (unpaired) electrons. The van der Waals surface area contributed by atoms with E-state index in [-0.39, 0.29) is 6.61 Å². The second-order valence-corrected chi connectivity index (χ2v) is 4.72. The Hall–Kier alpha value is -0.930. The Balaban J connectivity index is 2.23. The number of nitrogens with zero attached hydrogens (tertiary/aromatic N) is 1. The first-order chi connectivity index (χ1) is 7.72. The van der Waals surface area contributed by atoms with Crippen molar-refractivity contribution < 1.29 is 5.11 Å². The first-order valence-electron chi connectivity index (χ1n) is 5.62. The van der Waals surface area contributed by atoms with Crippen molar-refractivity contribution in [2.45, 2.75) is 12.8 Å². The average molecular weight is 241 g/mol. The lowest BCUT2D eigenvalue weighted by molar-refractivity contribution is 0.209. The van der Waals surface area contributed by atoms with Crippen LogP contribution in [0, 0.1) is 5.92 Å². The van der Waals surface area contributed by atoms with E-state index in [0.29, 0.717) is 16.6 Å². The van der Waals surface area contributed by atoms with E-state index >= 15 is 0 Å². The Kier molecular flexibility index (Phi) is 3.56. The zero-order valence-electron chi connectivity index (χ0n) is 9.19. The maximum absolute atomic E-state index is 9.20. The zero-order valence-corrected chi connectivity index (χ0v) is 9.95. The Morgan fingerprint density at radius 3 is 3.00 bits per heavy atom. The Bertz CT molecular complexity index is 350. The van der Waals surface area contributed by atoms with Crippen molar-refractivity contribution in [3.05, 3.63) is 23.2 Å². The van der Waals surface area contributed by atoms with Crippen molar-refractivity contribution in [1.29, 1.82) is 0 Å². The van der Waals surface area contributed by atoms with Crippen LogP contribution in [0.1, 0.15) is 12.8 Å². The summed E-state index contributed by atoms with van der Waals surface area (Å²) in [6.45, 7) is 2.04. The summed E-state index contributed by atoms with van der Waals surface area (Å²) >= 11 is 6.17. The first-order valence-corrected chi connectivity index (χ1v) is 6.00. The molecule has 1 saturated heterocycles. The summed E-state index contributed by atoms with van der Waals surface area (Å²) < 4.78 is 0. The minimum atomic E-state index is 0.237. The van der Waals surface area contributed by atoms with Gasteiger partial charge in [0.05, 0.1) is 16.4 Å². The molecule has 1 aromatic carbocycles. The number of hydrogen-bond acceptors (Lipinski definition) is 3. The van der Waals surface area contributed by atoms with Crippen LogP contribution in [-0.2, 0) is 0 Å². The van der Waals surface area contributed by atoms with Gasteiger partial charge in [-0.05, 0) is 30.9 Å². The fraction of sp³-hybridized carbons (Fsp3) is 0.500. The number of benzene rings is 1. The van der Waals surface area contributed by atoms with Gasteiger partial charge in [0.1, 0.15) is 0 Å². The third-order valence-electron chi connectivity index (χ3n) is 3.11. The normalized spacial score (nSPS) is 21.1. The number of nitrogen functional groups attached to an aromatic ring is 1. The molecule has 88 valence electrons. The van der Waals surface area contributed by atoms with Gasteiger partial charge in [0.15, 0.2) is 0 Å². The summed E-state index contributed by atoms with van der Waals surface area (Å²) in [5, 5.41) is 9.90. The molecule has 4 heteroatoms. The summed E-state index contributed by atoms with van der Waals surface area (Å²) in [6, 6.07) is 5.58. The molecule has 3 nitrogen and oxygen atoms in total. The molecule has 2 rings (SSSR count). The minimum absolute atomic E-state index is 0.237. The predicted octanol–water partition coefficient (Wildman–Crippen LogP) is 2.13. The van der Waals surface area contributed by atoms with E-state index in [1.165, 1.54) is 0 Å². The highest BCUT2D eigenvalue weighted by Crippen LogP contribution is 2.34. The highest BCUT2D eigenvalue weighted by Gasteiger charge is 2.22. The van der Waals surface area contributed by atoms with E-state index in [0.717, 1.165) is 31.6 Å². The lowest BCUT2D eigenvalue weighted by Crippen LogP contribution is -2.37. The molecule has 1 aliphatic heterocycles. The maximum Gasteiger partial charge on any atom is 0.0789 e. The molecule has 3 N–H and O–H groups in total. The zero-order chi connectivity index (χ0) is 11.5. The summed E-state index contributed by atoms with van der Waals surface area (Å²) in [5.74, 6) is 0.337. The number of aliphatic hydroxyl groups excluding tert-OH is 1. The number of nitrogens with two attached hydrogens (primary N) is 1. The molecule has 1 fully saturated rings. The van der Waals surface area contributed by atoms with Gasteiger partial charge >= 0.3 is 0 Å². The SMILES string of the molecule is Nc1cccc(Cl)c1N1CCCC(CO)C1. The molecular weight excluding hydrogens is 224 g/mol. The van der Waals surface area contributed by atoms with Crippen LogP contribution in [0.5, 0.6) is 0 Å². The number of aliphatic hydroxyl groups is 1. The van der Waals surface area contributed by atoms with Gasteiger partial charge in [0, 0.05) is 19.7 Å². The van der Waals surface area contributed by atoms with Gasteiger partial charge < -0.3 is 15.7 Å². The van der Waals surface area contributed by atoms with Crippen LogP contribution in [-0.4, -0.2) is 24.8 Å². The maximum atomic E-state index is 9.20. The molecule has 0 aromatic heterocycles. The monoisotopic (exact) mass is 240 g/mol. The Morgan fingerprint density at radius 1 is 1.50 bits per heavy atom. The molecule has 16 heavy (non-hydrogen) atoms. The molecule has 1 heterocycles. The second-order valence-electron chi connectivity index (χ2n) is 4.31. The smallest absolute Gasteiger partial charge is 0.0789 e. The van der Waals surface area contributed by atoms with Crippen molar-refractivity contribution in [3.8, 4) is 0 Å². The van der Waals surface area contributed by atoms with Crippen LogP contribution in [0.4, 0.5) is 11.4 Å². The van der Waals surface area contributed by atoms with Gasteiger partial charge in [-0.1, -0.05) is 17.7 Å². The van der Waals surface area contributed by atoms with Crippen LogP contribution in [0.15, 0.2) is 18.2 Å². The highest BCUT2D eigenvalue weighted by atomic mass is 35.5. The number of halogens is 1. The van der Waals surface area contributed by atoms with Crippen LogP contribution >= 0.6 is 11.6 Å². The summed E-state index contributed by atoms with van der Waals surface area (Å²) in [4.78, 5) is 2.18. The van der Waals surface area contributed by atoms with Crippen molar-refractivity contribution in [3.63, 3.8) is 0 Å². The Morgan fingerprint density at radius 2 is 2.31 bits per heavy atom. The third kappa shape index (κ3) is 2.25. The van der Waals surface area contributed by atoms with E-state index < -0.39 is 0 Å². The summed E-state index contributed by atoms with van der Waals surface area (Å²) in [5.41, 5.74) is 7.58. The molecule has 0 saturated carbocycles. The van der Waals surface area contributed by atoms with Crippen LogP contribution in [0.2, 0.25) is 5.02 Å². The largest absolute Gasteiger partial charge is 0.397 e. The molecule has 1 aliphatic rings. The van der Waals surface area contributed by atoms with E-state index in [1.54, 1.807) is 0 Å². The van der Waals surface area contributed by atoms with E-state index in [4.69, 9.17) is 17.3 Å². The average Bonchev–Trinajstić information content (AvgIpc) is 2.29. The standard InChI is InChI=1S/C12H17ClN2O/c13-10-4-1-5-11(14)12(10)15-6-2-3-9(7-15)8-16/h1,4-5,9,16H,2-3,6-8,14H2. The van der Waals surface area contributed by atoms with Crippen LogP contribution in [0.25, 0.3) is 0 Å². The Labute approximate surface area is 101 Å². The van der Waals surface area contributed by atoms with Gasteiger partial charge in [-0.25, -0.2) is 0 Å². The van der Waals surface area contributed by atoms with Gasteiger partial charge in [-0.15, -0.1) is 0 Å². The predicted molar refractivity (Wildman–Crippen MR) is 67.9 cm³/mol. The summed E-state index contributed by atoms with van der Waals surface area (Å²) in [6.07, 6.45) is 2.16. The number of anilines is 2. The van der Waals surface area contributed by atoms with Gasteiger partial charge in [-0.2, -0.15) is 0 Å². The third-order valence-corrected chi connectivity index (χ3v) is 3.42. The number of hydrogen-bond donors (Lipinski definition) is 2. The molecule has 0 bridgehead atoms. The topological polar surface area (TPSA) is 49.5 Å². The van der Waals surface area contributed by atoms with E-state index in [1.807, 2.05) is 18.2 Å². The number of para-hydroxylation sites is 1. The van der Waals surface area contributed by atoms with Gasteiger partial charge in [0.25, 0.3) is 0 Å². The molecule has 0 aliphatic carbocycles. The lowest BCUT2D eigenvalue weighted by atomic mass is 9.98. The fourth-order valence-electron chi connectivity index (χ4n) is 2.28. The molecule has 1 aromatic rings. The lowest BCUT2D eigenvalue weighted by Gasteiger charge is -2.34. The molecule has 0 spiro atoms. The summed E-state index contributed by atoms with van der Waals surface area (Å²) in [7, 11) is 0. The molecule has 1 unspecified atom stereocenters. The van der Waals surface area contributed by atoms with E-state index in [2.05, 4.69) is 4.90 Å². The minimum Gasteiger partial charge on any atom is -0.397 e. The molecule has 1 atom stereocenters. The quantitative estimate of drug-likeness (QED) is 0.779. The van der Waals surface area contributed by atoms with Crippen LogP contribution in [0.3, 0.4) is 0 Å². The first kappa shape index (κ1) is 11.6.